The first-order valence-corrected chi connectivity index (χ1v) is 8.45. The fourth-order valence-electron chi connectivity index (χ4n) is 2.12. The molecule has 0 N–H and O–H groups in total. The second kappa shape index (κ2) is 6.87. The number of aryl methyl sites for hydroxylation is 1. The Morgan fingerprint density at radius 2 is 1.62 bits per heavy atom. The SMILES string of the molecule is CC[C@H](COS(=O)(=O)c1ccc(C)cc1)c1ccccc1. The third-order valence-corrected chi connectivity index (χ3v) is 4.79. The van der Waals surface area contributed by atoms with Crippen molar-refractivity contribution in [2.75, 3.05) is 6.61 Å². The monoisotopic (exact) mass is 304 g/mol. The van der Waals surface area contributed by atoms with Gasteiger partial charge in [0.05, 0.1) is 11.5 Å². The van der Waals surface area contributed by atoms with Crippen LogP contribution in [-0.4, -0.2) is 15.0 Å². The Labute approximate surface area is 126 Å². The molecule has 0 bridgehead atoms. The minimum Gasteiger partial charge on any atom is -0.266 e. The van der Waals surface area contributed by atoms with Gasteiger partial charge in [-0.3, -0.25) is 4.18 Å². The van der Waals surface area contributed by atoms with Gasteiger partial charge in [0, 0.05) is 5.92 Å². The normalized spacial score (nSPS) is 13.0. The molecule has 0 aliphatic rings. The van der Waals surface area contributed by atoms with Crippen molar-refractivity contribution >= 4 is 10.1 Å². The molecule has 0 saturated heterocycles. The Morgan fingerprint density at radius 3 is 2.19 bits per heavy atom. The minimum atomic E-state index is -3.69. The van der Waals surface area contributed by atoms with Gasteiger partial charge in [-0.2, -0.15) is 8.42 Å². The van der Waals surface area contributed by atoms with Crippen LogP contribution in [0.3, 0.4) is 0 Å². The van der Waals surface area contributed by atoms with E-state index in [9.17, 15) is 8.42 Å². The minimum absolute atomic E-state index is 0.0754. The lowest BCUT2D eigenvalue weighted by Crippen LogP contribution is -2.13. The second-order valence-electron chi connectivity index (χ2n) is 5.07. The van der Waals surface area contributed by atoms with E-state index in [0.717, 1.165) is 17.5 Å². The molecule has 0 aromatic heterocycles. The second-order valence-corrected chi connectivity index (χ2v) is 6.68. The summed E-state index contributed by atoms with van der Waals surface area (Å²) in [5.41, 5.74) is 2.11. The third kappa shape index (κ3) is 4.16. The van der Waals surface area contributed by atoms with Crippen LogP contribution in [0.1, 0.15) is 30.4 Å². The Balaban J connectivity index is 2.08. The predicted molar refractivity (Wildman–Crippen MR) is 83.8 cm³/mol. The van der Waals surface area contributed by atoms with Gasteiger partial charge in [0.1, 0.15) is 0 Å². The maximum atomic E-state index is 12.2. The summed E-state index contributed by atoms with van der Waals surface area (Å²) in [5.74, 6) is 0.0754. The van der Waals surface area contributed by atoms with Gasteiger partial charge in [0.25, 0.3) is 10.1 Å². The van der Waals surface area contributed by atoms with Crippen LogP contribution in [0.15, 0.2) is 59.5 Å². The highest BCUT2D eigenvalue weighted by Gasteiger charge is 2.18. The molecule has 4 heteroatoms. The van der Waals surface area contributed by atoms with Crippen LogP contribution in [-0.2, 0) is 14.3 Å². The van der Waals surface area contributed by atoms with Gasteiger partial charge >= 0.3 is 0 Å². The maximum Gasteiger partial charge on any atom is 0.296 e. The average Bonchev–Trinajstić information content (AvgIpc) is 2.49. The quantitative estimate of drug-likeness (QED) is 0.760. The zero-order valence-electron chi connectivity index (χ0n) is 12.3. The molecule has 2 aromatic carbocycles. The van der Waals surface area contributed by atoms with Gasteiger partial charge in [-0.25, -0.2) is 0 Å². The summed E-state index contributed by atoms with van der Waals surface area (Å²) < 4.78 is 29.6. The van der Waals surface area contributed by atoms with Crippen molar-refractivity contribution in [1.82, 2.24) is 0 Å². The Kier molecular flexibility index (Phi) is 5.15. The maximum absolute atomic E-state index is 12.2. The highest BCUT2D eigenvalue weighted by molar-refractivity contribution is 7.86. The fourth-order valence-corrected chi connectivity index (χ4v) is 3.07. The molecule has 0 fully saturated rings. The molecule has 21 heavy (non-hydrogen) atoms. The summed E-state index contributed by atoms with van der Waals surface area (Å²) in [5, 5.41) is 0. The van der Waals surface area contributed by atoms with E-state index in [1.807, 2.05) is 44.2 Å². The van der Waals surface area contributed by atoms with E-state index in [4.69, 9.17) is 4.18 Å². The standard InChI is InChI=1S/C17H20O3S/c1-3-15(16-7-5-4-6-8-16)13-20-21(18,19)17-11-9-14(2)10-12-17/h4-12,15H,3,13H2,1-2H3/t15-/m1/s1. The Bertz CT molecular complexity index is 661. The first kappa shape index (κ1) is 15.7. The zero-order chi connectivity index (χ0) is 15.3. The third-order valence-electron chi connectivity index (χ3n) is 3.50. The molecule has 0 spiro atoms. The van der Waals surface area contributed by atoms with Crippen molar-refractivity contribution < 1.29 is 12.6 Å². The lowest BCUT2D eigenvalue weighted by Gasteiger charge is -2.15. The van der Waals surface area contributed by atoms with Crippen LogP contribution < -0.4 is 0 Å². The molecule has 1 atom stereocenters. The molecule has 3 nitrogen and oxygen atoms in total. The van der Waals surface area contributed by atoms with Gasteiger partial charge < -0.3 is 0 Å². The van der Waals surface area contributed by atoms with Crippen molar-refractivity contribution in [3.05, 3.63) is 65.7 Å². The van der Waals surface area contributed by atoms with Crippen molar-refractivity contribution in [3.63, 3.8) is 0 Å². The molecule has 112 valence electrons. The van der Waals surface area contributed by atoms with Crippen molar-refractivity contribution in [3.8, 4) is 0 Å². The highest BCUT2D eigenvalue weighted by Crippen LogP contribution is 2.22. The van der Waals surface area contributed by atoms with Crippen LogP contribution in [0.2, 0.25) is 0 Å². The van der Waals surface area contributed by atoms with E-state index in [-0.39, 0.29) is 17.4 Å². The largest absolute Gasteiger partial charge is 0.296 e. The topological polar surface area (TPSA) is 43.4 Å². The van der Waals surface area contributed by atoms with Gasteiger partial charge in [0.2, 0.25) is 0 Å². The van der Waals surface area contributed by atoms with Crippen LogP contribution in [0.25, 0.3) is 0 Å². The highest BCUT2D eigenvalue weighted by atomic mass is 32.2. The molecule has 0 heterocycles. The van der Waals surface area contributed by atoms with Crippen molar-refractivity contribution in [2.45, 2.75) is 31.1 Å². The summed E-state index contributed by atoms with van der Waals surface area (Å²) in [6, 6.07) is 16.5. The molecule has 0 amide bonds. The van der Waals surface area contributed by atoms with Gasteiger partial charge in [-0.1, -0.05) is 55.0 Å². The summed E-state index contributed by atoms with van der Waals surface area (Å²) in [6.07, 6.45) is 0.827. The van der Waals surface area contributed by atoms with Crippen LogP contribution in [0.5, 0.6) is 0 Å². The molecule has 0 saturated carbocycles. The number of rotatable bonds is 6. The van der Waals surface area contributed by atoms with E-state index in [1.54, 1.807) is 24.3 Å². The zero-order valence-corrected chi connectivity index (χ0v) is 13.1. The summed E-state index contributed by atoms with van der Waals surface area (Å²) in [7, 11) is -3.69. The molecular weight excluding hydrogens is 284 g/mol. The van der Waals surface area contributed by atoms with E-state index in [2.05, 4.69) is 0 Å². The summed E-state index contributed by atoms with van der Waals surface area (Å²) in [6.45, 7) is 4.11. The Hall–Kier alpha value is -1.65. The van der Waals surface area contributed by atoms with E-state index in [1.165, 1.54) is 0 Å². The van der Waals surface area contributed by atoms with Crippen molar-refractivity contribution in [2.24, 2.45) is 0 Å². The first-order valence-electron chi connectivity index (χ1n) is 7.04. The van der Waals surface area contributed by atoms with E-state index in [0.29, 0.717) is 0 Å². The number of hydrogen-bond donors (Lipinski definition) is 0. The van der Waals surface area contributed by atoms with Gasteiger partial charge in [-0.05, 0) is 31.0 Å². The number of benzene rings is 2. The van der Waals surface area contributed by atoms with Crippen LogP contribution in [0.4, 0.5) is 0 Å². The summed E-state index contributed by atoms with van der Waals surface area (Å²) >= 11 is 0. The average molecular weight is 304 g/mol. The fraction of sp³-hybridized carbons (Fsp3) is 0.294. The van der Waals surface area contributed by atoms with E-state index < -0.39 is 10.1 Å². The number of hydrogen-bond acceptors (Lipinski definition) is 3. The molecule has 2 rings (SSSR count). The first-order chi connectivity index (χ1) is 10.0. The summed E-state index contributed by atoms with van der Waals surface area (Å²) in [4.78, 5) is 0.205. The Morgan fingerprint density at radius 1 is 1.00 bits per heavy atom. The molecule has 0 unspecified atom stereocenters. The molecule has 0 aliphatic heterocycles. The van der Waals surface area contributed by atoms with Crippen LogP contribution >= 0.6 is 0 Å². The molecular formula is C17H20O3S. The van der Waals surface area contributed by atoms with Crippen molar-refractivity contribution in [1.29, 1.82) is 0 Å². The molecule has 0 aliphatic carbocycles. The molecule has 0 radical (unpaired) electrons. The smallest absolute Gasteiger partial charge is 0.266 e. The molecule has 2 aromatic rings. The lowest BCUT2D eigenvalue weighted by molar-refractivity contribution is 0.288. The van der Waals surface area contributed by atoms with E-state index >= 15 is 0 Å². The van der Waals surface area contributed by atoms with Gasteiger partial charge in [-0.15, -0.1) is 0 Å². The van der Waals surface area contributed by atoms with Gasteiger partial charge in [0.15, 0.2) is 0 Å². The predicted octanol–water partition coefficient (Wildman–Crippen LogP) is 3.89. The van der Waals surface area contributed by atoms with Crippen LogP contribution in [0, 0.1) is 6.92 Å². The lowest BCUT2D eigenvalue weighted by atomic mass is 9.98.